The standard InChI is InChI=1S/C22H22N4OS2/c1-12-8-9-14-18(10-12)29-22(24-20(27)16-11-13(2)26(3)25-16)19(14)21-23-15-6-4-5-7-17(15)28-21/h4-7,11-12H,8-10H2,1-3H3,(H,24,27)/t12-/m1/s1. The number of carbonyl (C=O) groups is 1. The third-order valence-corrected chi connectivity index (χ3v) is 7.82. The minimum absolute atomic E-state index is 0.164. The molecule has 1 atom stereocenters. The quantitative estimate of drug-likeness (QED) is 0.478. The van der Waals surface area contributed by atoms with E-state index in [4.69, 9.17) is 4.98 Å². The Morgan fingerprint density at radius 2 is 2.10 bits per heavy atom. The first-order chi connectivity index (χ1) is 14.0. The summed E-state index contributed by atoms with van der Waals surface area (Å²) in [6, 6.07) is 10.0. The minimum atomic E-state index is -0.164. The van der Waals surface area contributed by atoms with E-state index in [-0.39, 0.29) is 5.91 Å². The van der Waals surface area contributed by atoms with Gasteiger partial charge in [-0.2, -0.15) is 5.10 Å². The molecule has 0 unspecified atom stereocenters. The summed E-state index contributed by atoms with van der Waals surface area (Å²) < 4.78 is 2.90. The summed E-state index contributed by atoms with van der Waals surface area (Å²) in [5.41, 5.74) is 4.88. The molecule has 1 amide bonds. The van der Waals surface area contributed by atoms with Crippen molar-refractivity contribution in [3.63, 3.8) is 0 Å². The lowest BCUT2D eigenvalue weighted by molar-refractivity contribution is 0.102. The van der Waals surface area contributed by atoms with Gasteiger partial charge < -0.3 is 5.32 Å². The normalized spacial score (nSPS) is 16.2. The average Bonchev–Trinajstić information content (AvgIpc) is 3.36. The molecule has 148 valence electrons. The number of aromatic nitrogens is 3. The maximum Gasteiger partial charge on any atom is 0.276 e. The van der Waals surface area contributed by atoms with Gasteiger partial charge in [-0.15, -0.1) is 22.7 Å². The van der Waals surface area contributed by atoms with E-state index in [9.17, 15) is 4.79 Å². The summed E-state index contributed by atoms with van der Waals surface area (Å²) in [4.78, 5) is 19.2. The summed E-state index contributed by atoms with van der Waals surface area (Å²) in [6.07, 6.45) is 3.28. The van der Waals surface area contributed by atoms with Crippen LogP contribution in [0.5, 0.6) is 0 Å². The van der Waals surface area contributed by atoms with Crippen molar-refractivity contribution in [1.29, 1.82) is 0 Å². The number of carbonyl (C=O) groups excluding carboxylic acids is 1. The van der Waals surface area contributed by atoms with Crippen LogP contribution in [0.1, 0.15) is 40.0 Å². The predicted molar refractivity (Wildman–Crippen MR) is 120 cm³/mol. The van der Waals surface area contributed by atoms with Crippen LogP contribution in [0.2, 0.25) is 0 Å². The molecule has 0 fully saturated rings. The molecule has 0 aliphatic heterocycles. The number of thiophene rings is 1. The number of thiazole rings is 1. The number of nitrogens with one attached hydrogen (secondary N) is 1. The summed E-state index contributed by atoms with van der Waals surface area (Å²) >= 11 is 3.40. The van der Waals surface area contributed by atoms with Crippen molar-refractivity contribution in [2.75, 3.05) is 5.32 Å². The number of anilines is 1. The Hall–Kier alpha value is -2.51. The highest BCUT2D eigenvalue weighted by Gasteiger charge is 2.27. The van der Waals surface area contributed by atoms with Gasteiger partial charge in [0.1, 0.15) is 10.0 Å². The van der Waals surface area contributed by atoms with Crippen molar-refractivity contribution >= 4 is 43.8 Å². The Morgan fingerprint density at radius 3 is 2.86 bits per heavy atom. The number of amides is 1. The first-order valence-corrected chi connectivity index (χ1v) is 11.5. The molecule has 5 rings (SSSR count). The molecule has 0 saturated heterocycles. The van der Waals surface area contributed by atoms with Gasteiger partial charge in [0.25, 0.3) is 5.91 Å². The zero-order valence-corrected chi connectivity index (χ0v) is 18.3. The maximum atomic E-state index is 12.9. The summed E-state index contributed by atoms with van der Waals surface area (Å²) in [5.74, 6) is 0.508. The zero-order chi connectivity index (χ0) is 20.1. The largest absolute Gasteiger partial charge is 0.312 e. The van der Waals surface area contributed by atoms with Gasteiger partial charge in [0, 0.05) is 23.2 Å². The smallest absolute Gasteiger partial charge is 0.276 e. The Morgan fingerprint density at radius 1 is 1.28 bits per heavy atom. The van der Waals surface area contributed by atoms with Gasteiger partial charge >= 0.3 is 0 Å². The van der Waals surface area contributed by atoms with Gasteiger partial charge in [0.05, 0.1) is 10.2 Å². The molecule has 0 radical (unpaired) electrons. The second-order valence-corrected chi connectivity index (χ2v) is 9.93. The predicted octanol–water partition coefficient (Wildman–Crippen LogP) is 5.44. The number of nitrogens with zero attached hydrogens (tertiary/aromatic N) is 3. The molecule has 0 bridgehead atoms. The van der Waals surface area contributed by atoms with Gasteiger partial charge in [0.2, 0.25) is 0 Å². The van der Waals surface area contributed by atoms with E-state index in [0.717, 1.165) is 39.6 Å². The molecule has 4 aromatic rings. The van der Waals surface area contributed by atoms with Crippen LogP contribution in [-0.2, 0) is 19.9 Å². The minimum Gasteiger partial charge on any atom is -0.312 e. The van der Waals surface area contributed by atoms with Crippen molar-refractivity contribution in [2.45, 2.75) is 33.1 Å². The van der Waals surface area contributed by atoms with Crippen LogP contribution in [0.4, 0.5) is 5.00 Å². The molecule has 1 aliphatic carbocycles. The number of fused-ring (bicyclic) bond motifs is 2. The van der Waals surface area contributed by atoms with Crippen LogP contribution in [0, 0.1) is 12.8 Å². The van der Waals surface area contributed by atoms with Gasteiger partial charge in [0.15, 0.2) is 5.69 Å². The fraction of sp³-hybridized carbons (Fsp3) is 0.318. The number of benzene rings is 1. The van der Waals surface area contributed by atoms with Gasteiger partial charge in [-0.25, -0.2) is 4.98 Å². The molecule has 7 heteroatoms. The van der Waals surface area contributed by atoms with E-state index in [2.05, 4.69) is 23.4 Å². The highest BCUT2D eigenvalue weighted by molar-refractivity contribution is 7.23. The van der Waals surface area contributed by atoms with Crippen molar-refractivity contribution in [1.82, 2.24) is 14.8 Å². The molecule has 3 heterocycles. The van der Waals surface area contributed by atoms with Crippen LogP contribution in [0.3, 0.4) is 0 Å². The Kier molecular flexibility index (Phi) is 4.52. The summed E-state index contributed by atoms with van der Waals surface area (Å²) in [6.45, 7) is 4.25. The highest BCUT2D eigenvalue weighted by Crippen LogP contribution is 2.47. The Labute approximate surface area is 177 Å². The lowest BCUT2D eigenvalue weighted by Crippen LogP contribution is -2.13. The van der Waals surface area contributed by atoms with Gasteiger partial charge in [-0.3, -0.25) is 9.48 Å². The van der Waals surface area contributed by atoms with Crippen molar-refractivity contribution in [2.24, 2.45) is 13.0 Å². The Bertz CT molecular complexity index is 1180. The number of para-hydroxylation sites is 1. The SMILES string of the molecule is Cc1cc(C(=O)Nc2sc3c(c2-c2nc4ccccc4s2)CC[C@@H](C)C3)nn1C. The lowest BCUT2D eigenvalue weighted by atomic mass is 9.88. The summed E-state index contributed by atoms with van der Waals surface area (Å²) in [5, 5.41) is 9.38. The van der Waals surface area contributed by atoms with Crippen molar-refractivity contribution in [3.05, 3.63) is 52.2 Å². The van der Waals surface area contributed by atoms with Crippen LogP contribution in [0.15, 0.2) is 30.3 Å². The van der Waals surface area contributed by atoms with E-state index < -0.39 is 0 Å². The second kappa shape index (κ2) is 7.07. The number of hydrogen-bond acceptors (Lipinski definition) is 5. The molecule has 0 spiro atoms. The molecule has 1 N–H and O–H groups in total. The molecular formula is C22H22N4OS2. The zero-order valence-electron chi connectivity index (χ0n) is 16.7. The molecule has 29 heavy (non-hydrogen) atoms. The van der Waals surface area contributed by atoms with Gasteiger partial charge in [-0.05, 0) is 55.9 Å². The molecule has 1 aromatic carbocycles. The van der Waals surface area contributed by atoms with Crippen LogP contribution in [-0.4, -0.2) is 20.7 Å². The molecule has 0 saturated carbocycles. The average molecular weight is 423 g/mol. The molecular weight excluding hydrogens is 400 g/mol. The highest BCUT2D eigenvalue weighted by atomic mass is 32.1. The molecule has 5 nitrogen and oxygen atoms in total. The number of aryl methyl sites for hydroxylation is 2. The van der Waals surface area contributed by atoms with E-state index in [1.54, 1.807) is 27.4 Å². The monoisotopic (exact) mass is 422 g/mol. The van der Waals surface area contributed by atoms with Crippen LogP contribution >= 0.6 is 22.7 Å². The Balaban J connectivity index is 1.60. The number of hydrogen-bond donors (Lipinski definition) is 1. The van der Waals surface area contributed by atoms with E-state index in [1.165, 1.54) is 21.6 Å². The van der Waals surface area contributed by atoms with E-state index >= 15 is 0 Å². The first-order valence-electron chi connectivity index (χ1n) is 9.82. The van der Waals surface area contributed by atoms with Crippen LogP contribution in [0.25, 0.3) is 20.8 Å². The number of rotatable bonds is 3. The van der Waals surface area contributed by atoms with E-state index in [1.807, 2.05) is 38.2 Å². The molecule has 1 aliphatic rings. The van der Waals surface area contributed by atoms with E-state index in [0.29, 0.717) is 11.6 Å². The third kappa shape index (κ3) is 3.28. The summed E-state index contributed by atoms with van der Waals surface area (Å²) in [7, 11) is 1.85. The first kappa shape index (κ1) is 18.5. The van der Waals surface area contributed by atoms with Crippen LogP contribution < -0.4 is 5.32 Å². The fourth-order valence-corrected chi connectivity index (χ4v) is 6.40. The maximum absolute atomic E-state index is 12.9. The van der Waals surface area contributed by atoms with Crippen molar-refractivity contribution in [3.8, 4) is 10.6 Å². The fourth-order valence-electron chi connectivity index (χ4n) is 3.88. The molecule has 3 aromatic heterocycles. The third-order valence-electron chi connectivity index (χ3n) is 5.59. The second-order valence-electron chi connectivity index (χ2n) is 7.79. The van der Waals surface area contributed by atoms with Crippen molar-refractivity contribution < 1.29 is 4.79 Å². The topological polar surface area (TPSA) is 59.8 Å². The lowest BCUT2D eigenvalue weighted by Gasteiger charge is -2.18. The van der Waals surface area contributed by atoms with Gasteiger partial charge in [-0.1, -0.05) is 19.1 Å².